The topological polar surface area (TPSA) is 98.7 Å². The third-order valence-electron chi connectivity index (χ3n) is 3.63. The fraction of sp³-hybridized carbons (Fsp3) is 0.750. The normalized spacial score (nSPS) is 29.4. The lowest BCUT2D eigenvalue weighted by Crippen LogP contribution is -2.51. The lowest BCUT2D eigenvalue weighted by atomic mass is 10.1. The lowest BCUT2D eigenvalue weighted by Gasteiger charge is -2.26. The molecule has 7 nitrogen and oxygen atoms in total. The molecule has 2 heterocycles. The van der Waals surface area contributed by atoms with Crippen LogP contribution in [-0.2, 0) is 14.4 Å². The van der Waals surface area contributed by atoms with Crippen molar-refractivity contribution in [3.8, 4) is 0 Å². The van der Waals surface area contributed by atoms with E-state index in [9.17, 15) is 18.8 Å². The Morgan fingerprint density at radius 3 is 2.75 bits per heavy atom. The second-order valence-corrected chi connectivity index (χ2v) is 5.10. The van der Waals surface area contributed by atoms with Crippen LogP contribution >= 0.6 is 0 Å². The third kappa shape index (κ3) is 3.24. The van der Waals surface area contributed by atoms with Crippen molar-refractivity contribution in [1.29, 1.82) is 0 Å². The third-order valence-corrected chi connectivity index (χ3v) is 3.63. The van der Waals surface area contributed by atoms with Crippen molar-refractivity contribution in [2.45, 2.75) is 37.5 Å². The van der Waals surface area contributed by atoms with Gasteiger partial charge >= 0.3 is 5.97 Å². The van der Waals surface area contributed by atoms with Gasteiger partial charge in [0.05, 0.1) is 6.04 Å². The smallest absolute Gasteiger partial charge is 0.322 e. The zero-order valence-electron chi connectivity index (χ0n) is 11.0. The highest BCUT2D eigenvalue weighted by molar-refractivity contribution is 5.91. The van der Waals surface area contributed by atoms with E-state index >= 15 is 0 Å². The molecule has 0 bridgehead atoms. The monoisotopic (exact) mass is 287 g/mol. The average molecular weight is 287 g/mol. The minimum absolute atomic E-state index is 0.124. The molecule has 20 heavy (non-hydrogen) atoms. The van der Waals surface area contributed by atoms with E-state index in [-0.39, 0.29) is 18.9 Å². The molecule has 2 rings (SSSR count). The van der Waals surface area contributed by atoms with E-state index in [1.165, 1.54) is 4.90 Å². The maximum absolute atomic E-state index is 13.1. The molecule has 0 saturated carbocycles. The van der Waals surface area contributed by atoms with Crippen LogP contribution in [0.3, 0.4) is 0 Å². The van der Waals surface area contributed by atoms with Gasteiger partial charge in [0.1, 0.15) is 18.8 Å². The summed E-state index contributed by atoms with van der Waals surface area (Å²) in [7, 11) is 0. The van der Waals surface area contributed by atoms with Gasteiger partial charge in [-0.05, 0) is 12.8 Å². The molecule has 3 N–H and O–H groups in total. The summed E-state index contributed by atoms with van der Waals surface area (Å²) in [5.41, 5.74) is 0. The molecule has 2 saturated heterocycles. The maximum atomic E-state index is 13.1. The number of amides is 2. The Morgan fingerprint density at radius 2 is 2.15 bits per heavy atom. The number of alkyl halides is 1. The quantitative estimate of drug-likeness (QED) is 0.608. The highest BCUT2D eigenvalue weighted by Gasteiger charge is 2.39. The van der Waals surface area contributed by atoms with Gasteiger partial charge < -0.3 is 20.6 Å². The molecule has 8 heteroatoms. The van der Waals surface area contributed by atoms with Crippen molar-refractivity contribution in [3.63, 3.8) is 0 Å². The largest absolute Gasteiger partial charge is 0.480 e. The van der Waals surface area contributed by atoms with E-state index in [4.69, 9.17) is 5.11 Å². The Bertz CT molecular complexity index is 418. The van der Waals surface area contributed by atoms with Gasteiger partial charge in [-0.15, -0.1) is 0 Å². The molecule has 2 aliphatic heterocycles. The van der Waals surface area contributed by atoms with Crippen LogP contribution in [0.4, 0.5) is 4.39 Å². The summed E-state index contributed by atoms with van der Waals surface area (Å²) in [6, 6.07) is -1.24. The minimum Gasteiger partial charge on any atom is -0.480 e. The van der Waals surface area contributed by atoms with E-state index in [1.54, 1.807) is 0 Å². The van der Waals surface area contributed by atoms with Gasteiger partial charge in [0.15, 0.2) is 0 Å². The molecule has 2 fully saturated rings. The summed E-state index contributed by atoms with van der Waals surface area (Å²) in [6.07, 6.45) is 0.274. The fourth-order valence-electron chi connectivity index (χ4n) is 2.66. The van der Waals surface area contributed by atoms with Gasteiger partial charge in [-0.2, -0.15) is 0 Å². The van der Waals surface area contributed by atoms with Crippen molar-refractivity contribution in [3.05, 3.63) is 0 Å². The fourth-order valence-corrected chi connectivity index (χ4v) is 2.66. The molecule has 0 aliphatic carbocycles. The maximum Gasteiger partial charge on any atom is 0.322 e. The molecule has 0 radical (unpaired) electrons. The van der Waals surface area contributed by atoms with Crippen molar-refractivity contribution in [2.75, 3.05) is 19.6 Å². The number of likely N-dealkylation sites (tertiary alicyclic amines) is 1. The minimum atomic E-state index is -1.13. The van der Waals surface area contributed by atoms with Crippen LogP contribution in [0.25, 0.3) is 0 Å². The van der Waals surface area contributed by atoms with E-state index in [0.29, 0.717) is 19.4 Å². The number of carbonyl (C=O) groups is 3. The van der Waals surface area contributed by atoms with Crippen LogP contribution in [0.2, 0.25) is 0 Å². The van der Waals surface area contributed by atoms with Crippen LogP contribution in [0.1, 0.15) is 19.3 Å². The Balaban J connectivity index is 1.94. The van der Waals surface area contributed by atoms with Gasteiger partial charge in [0.25, 0.3) is 0 Å². The van der Waals surface area contributed by atoms with Gasteiger partial charge in [-0.1, -0.05) is 0 Å². The van der Waals surface area contributed by atoms with Crippen LogP contribution in [0, 0.1) is 0 Å². The highest BCUT2D eigenvalue weighted by Crippen LogP contribution is 2.21. The Hall–Kier alpha value is -1.70. The van der Waals surface area contributed by atoms with Gasteiger partial charge in [0, 0.05) is 19.5 Å². The first-order valence-electron chi connectivity index (χ1n) is 6.66. The molecule has 2 amide bonds. The zero-order chi connectivity index (χ0) is 14.7. The molecule has 0 aromatic heterocycles. The number of nitrogens with zero attached hydrogens (tertiary/aromatic N) is 1. The zero-order valence-corrected chi connectivity index (χ0v) is 11.0. The summed E-state index contributed by atoms with van der Waals surface area (Å²) in [5.74, 6) is -1.88. The van der Waals surface area contributed by atoms with E-state index in [0.717, 1.165) is 0 Å². The predicted molar refractivity (Wildman–Crippen MR) is 66.7 cm³/mol. The molecular formula is C12H18FN3O4. The standard InChI is InChI=1S/C12H18FN3O4/c13-7-4-8(14-5-7)12(20)16-3-1-2-9(16)11(19)15-6-10(17)18/h7-9,14H,1-6H2,(H,15,19)(H,17,18)/t7-,8+,9+/m1/s1. The molecular weight excluding hydrogens is 269 g/mol. The van der Waals surface area contributed by atoms with Crippen LogP contribution in [0.5, 0.6) is 0 Å². The molecule has 0 aromatic rings. The van der Waals surface area contributed by atoms with Crippen LogP contribution in [-0.4, -0.2) is 65.7 Å². The molecule has 0 aromatic carbocycles. The first-order chi connectivity index (χ1) is 9.49. The van der Waals surface area contributed by atoms with Crippen molar-refractivity contribution in [2.24, 2.45) is 0 Å². The number of rotatable bonds is 4. The molecule has 112 valence electrons. The van der Waals surface area contributed by atoms with Crippen molar-refractivity contribution >= 4 is 17.8 Å². The predicted octanol–water partition coefficient (Wildman–Crippen LogP) is -1.12. The van der Waals surface area contributed by atoms with Gasteiger partial charge in [0.2, 0.25) is 11.8 Å². The van der Waals surface area contributed by atoms with E-state index in [1.807, 2.05) is 0 Å². The summed E-state index contributed by atoms with van der Waals surface area (Å²) >= 11 is 0. The van der Waals surface area contributed by atoms with Gasteiger partial charge in [-0.25, -0.2) is 4.39 Å². The number of nitrogens with one attached hydrogen (secondary N) is 2. The molecule has 3 atom stereocenters. The number of halogens is 1. The number of aliphatic carboxylic acids is 1. The molecule has 2 aliphatic rings. The summed E-state index contributed by atoms with van der Waals surface area (Å²) in [5, 5.41) is 13.6. The highest BCUT2D eigenvalue weighted by atomic mass is 19.1. The second kappa shape index (κ2) is 6.17. The van der Waals surface area contributed by atoms with E-state index < -0.39 is 36.7 Å². The number of carboxylic acids is 1. The van der Waals surface area contributed by atoms with Crippen molar-refractivity contribution < 1.29 is 23.9 Å². The number of carboxylic acid groups (broad SMARTS) is 1. The summed E-state index contributed by atoms with van der Waals surface area (Å²) in [6.45, 7) is 0.130. The Kier molecular flexibility index (Phi) is 4.53. The Morgan fingerprint density at radius 1 is 1.40 bits per heavy atom. The molecule has 0 spiro atoms. The first kappa shape index (κ1) is 14.7. The SMILES string of the molecule is O=C(O)CNC(=O)[C@@H]1CCCN1C(=O)[C@@H]1C[C@@H](F)CN1. The second-order valence-electron chi connectivity index (χ2n) is 5.10. The average Bonchev–Trinajstić information content (AvgIpc) is 3.03. The summed E-state index contributed by atoms with van der Waals surface area (Å²) < 4.78 is 13.1. The Labute approximate surface area is 115 Å². The lowest BCUT2D eigenvalue weighted by molar-refractivity contribution is -0.141. The molecule has 0 unspecified atom stereocenters. The van der Waals surface area contributed by atoms with Crippen LogP contribution in [0.15, 0.2) is 0 Å². The van der Waals surface area contributed by atoms with E-state index in [2.05, 4.69) is 10.6 Å². The number of carbonyl (C=O) groups excluding carboxylic acids is 2. The first-order valence-corrected chi connectivity index (χ1v) is 6.66. The van der Waals surface area contributed by atoms with Crippen LogP contribution < -0.4 is 10.6 Å². The number of hydrogen-bond acceptors (Lipinski definition) is 4. The van der Waals surface area contributed by atoms with Gasteiger partial charge in [-0.3, -0.25) is 14.4 Å². The number of hydrogen-bond donors (Lipinski definition) is 3. The summed E-state index contributed by atoms with van der Waals surface area (Å²) in [4.78, 5) is 36.0. The van der Waals surface area contributed by atoms with Crippen molar-refractivity contribution in [1.82, 2.24) is 15.5 Å².